The maximum atomic E-state index is 8.79. The first kappa shape index (κ1) is 21.3. The van der Waals surface area contributed by atoms with Gasteiger partial charge in [-0.3, -0.25) is 5.41 Å². The Bertz CT molecular complexity index is 1010. The van der Waals surface area contributed by atoms with Crippen molar-refractivity contribution in [1.82, 2.24) is 10.1 Å². The average Bonchev–Trinajstić information content (AvgIpc) is 3.22. The molecule has 1 heterocycles. The van der Waals surface area contributed by atoms with Crippen molar-refractivity contribution in [2.45, 2.75) is 19.0 Å². The van der Waals surface area contributed by atoms with Crippen LogP contribution in [0.15, 0.2) is 41.2 Å². The number of methoxy groups -OCH3 is 2. The largest absolute Gasteiger partial charge is 0.493 e. The number of nitrogens with zero attached hydrogens (tertiary/aromatic N) is 2. The number of hydrogen-bond donors (Lipinski definition) is 1. The molecule has 0 saturated heterocycles. The quantitative estimate of drug-likeness (QED) is 0.340. The summed E-state index contributed by atoms with van der Waals surface area (Å²) in [5, 5.41) is 13.1. The maximum absolute atomic E-state index is 8.79. The van der Waals surface area contributed by atoms with Crippen molar-refractivity contribution in [1.29, 1.82) is 5.41 Å². The zero-order valence-corrected chi connectivity index (χ0v) is 18.1. The van der Waals surface area contributed by atoms with Crippen LogP contribution in [-0.2, 0) is 6.42 Å². The van der Waals surface area contributed by atoms with E-state index in [0.29, 0.717) is 53.8 Å². The Balaban J connectivity index is 1.98. The lowest BCUT2D eigenvalue weighted by Crippen LogP contribution is -2.14. The van der Waals surface area contributed by atoms with Crippen LogP contribution in [0.1, 0.15) is 23.6 Å². The van der Waals surface area contributed by atoms with Gasteiger partial charge in [-0.1, -0.05) is 41.3 Å². The topological polar surface area (TPSA) is 81.2 Å². The van der Waals surface area contributed by atoms with E-state index >= 15 is 0 Å². The Hall–Kier alpha value is -2.37. The van der Waals surface area contributed by atoms with E-state index < -0.39 is 0 Å². The molecule has 0 aliphatic heterocycles. The summed E-state index contributed by atoms with van der Waals surface area (Å²) in [6.07, 6.45) is 2.03. The number of ether oxygens (including phenoxy) is 2. The molecular formula is C20H20BClN3O3P. The van der Waals surface area contributed by atoms with Gasteiger partial charge in [-0.2, -0.15) is 4.98 Å². The Morgan fingerprint density at radius 2 is 1.97 bits per heavy atom. The maximum Gasteiger partial charge on any atom is 0.214 e. The second-order valence-electron chi connectivity index (χ2n) is 6.48. The Labute approximate surface area is 177 Å². The van der Waals surface area contributed by atoms with Gasteiger partial charge in [-0.15, -0.1) is 0 Å². The van der Waals surface area contributed by atoms with Gasteiger partial charge in [0.2, 0.25) is 6.39 Å². The molecule has 29 heavy (non-hydrogen) atoms. The molecule has 0 amide bonds. The first-order chi connectivity index (χ1) is 13.9. The van der Waals surface area contributed by atoms with Crippen LogP contribution in [0.5, 0.6) is 11.5 Å². The van der Waals surface area contributed by atoms with E-state index in [1.807, 2.05) is 12.1 Å². The predicted molar refractivity (Wildman–Crippen MR) is 118 cm³/mol. The third kappa shape index (κ3) is 4.98. The number of hydrogen-bond acceptors (Lipinski definition) is 6. The average molecular weight is 428 g/mol. The van der Waals surface area contributed by atoms with Crippen LogP contribution in [0.4, 0.5) is 0 Å². The van der Waals surface area contributed by atoms with E-state index in [1.165, 1.54) is 6.39 Å². The molecule has 6 nitrogen and oxygen atoms in total. The smallest absolute Gasteiger partial charge is 0.214 e. The molecule has 0 aliphatic rings. The van der Waals surface area contributed by atoms with Crippen LogP contribution in [0.2, 0.25) is 5.02 Å². The van der Waals surface area contributed by atoms with Crippen LogP contribution in [0, 0.1) is 5.41 Å². The van der Waals surface area contributed by atoms with Crippen LogP contribution in [0.3, 0.4) is 0 Å². The highest BCUT2D eigenvalue weighted by Gasteiger charge is 2.19. The molecule has 2 radical (unpaired) electrons. The molecule has 0 bridgehead atoms. The Morgan fingerprint density at radius 3 is 2.59 bits per heavy atom. The Kier molecular flexibility index (Phi) is 6.94. The summed E-state index contributed by atoms with van der Waals surface area (Å²) in [7, 11) is 9.36. The molecule has 3 aromatic rings. The molecule has 2 unspecified atom stereocenters. The molecule has 148 valence electrons. The van der Waals surface area contributed by atoms with Crippen molar-refractivity contribution in [2.75, 3.05) is 14.2 Å². The minimum atomic E-state index is 0.243. The van der Waals surface area contributed by atoms with E-state index in [9.17, 15) is 0 Å². The van der Waals surface area contributed by atoms with Gasteiger partial charge in [0, 0.05) is 16.1 Å². The van der Waals surface area contributed by atoms with Crippen molar-refractivity contribution >= 4 is 44.8 Å². The summed E-state index contributed by atoms with van der Waals surface area (Å²) >= 11 is 6.17. The number of aromatic nitrogens is 2. The second-order valence-corrected chi connectivity index (χ2v) is 8.61. The summed E-state index contributed by atoms with van der Waals surface area (Å²) in [5.74, 6) is 1.18. The molecule has 1 aromatic heterocycles. The van der Waals surface area contributed by atoms with Gasteiger partial charge < -0.3 is 14.0 Å². The van der Waals surface area contributed by atoms with Gasteiger partial charge in [-0.05, 0) is 44.4 Å². The van der Waals surface area contributed by atoms with Crippen molar-refractivity contribution < 1.29 is 14.0 Å². The van der Waals surface area contributed by atoms with E-state index in [0.717, 1.165) is 11.1 Å². The van der Waals surface area contributed by atoms with Gasteiger partial charge in [0.25, 0.3) is 0 Å². The van der Waals surface area contributed by atoms with Crippen molar-refractivity contribution in [3.63, 3.8) is 0 Å². The van der Waals surface area contributed by atoms with Gasteiger partial charge in [0.15, 0.2) is 17.1 Å². The van der Waals surface area contributed by atoms with E-state index in [4.69, 9.17) is 38.9 Å². The van der Waals surface area contributed by atoms with Gasteiger partial charge in [-0.25, -0.2) is 0 Å². The first-order valence-electron chi connectivity index (χ1n) is 8.85. The molecule has 0 aliphatic carbocycles. The number of benzene rings is 2. The van der Waals surface area contributed by atoms with E-state index in [2.05, 4.69) is 17.1 Å². The Morgan fingerprint density at radius 1 is 1.24 bits per heavy atom. The van der Waals surface area contributed by atoms with Crippen LogP contribution in [-0.4, -0.2) is 43.6 Å². The molecular weight excluding hydrogens is 407 g/mol. The fourth-order valence-electron chi connectivity index (χ4n) is 3.00. The van der Waals surface area contributed by atoms with Gasteiger partial charge in [0.1, 0.15) is 7.85 Å². The normalized spacial score (nSPS) is 12.3. The highest BCUT2D eigenvalue weighted by atomic mass is 35.5. The minimum Gasteiger partial charge on any atom is -0.493 e. The number of rotatable bonds is 8. The highest BCUT2D eigenvalue weighted by molar-refractivity contribution is 7.47. The molecule has 0 spiro atoms. The standard InChI is InChI=1S/C20H20BClN3O3P/c1-11(29-20-24-10-28-25-20)6-13-8-17(26-2)18(27-3)9-14(13)19(23)12-4-5-15(21)16(22)7-12/h4-5,7-11,23,29H,6H2,1-3H3. The number of halogens is 1. The van der Waals surface area contributed by atoms with Crippen LogP contribution < -0.4 is 20.5 Å². The molecule has 0 saturated carbocycles. The van der Waals surface area contributed by atoms with Gasteiger partial charge in [0.05, 0.1) is 19.9 Å². The second kappa shape index (κ2) is 9.42. The van der Waals surface area contributed by atoms with Gasteiger partial charge >= 0.3 is 0 Å². The lowest BCUT2D eigenvalue weighted by atomic mass is 9.91. The molecule has 1 N–H and O–H groups in total. The van der Waals surface area contributed by atoms with Crippen molar-refractivity contribution in [3.05, 3.63) is 58.4 Å². The lowest BCUT2D eigenvalue weighted by molar-refractivity contribution is 0.354. The summed E-state index contributed by atoms with van der Waals surface area (Å²) in [6, 6.07) is 8.93. The van der Waals surface area contributed by atoms with Crippen LogP contribution in [0.25, 0.3) is 0 Å². The monoisotopic (exact) mass is 427 g/mol. The first-order valence-corrected chi connectivity index (χ1v) is 10.3. The van der Waals surface area contributed by atoms with Crippen molar-refractivity contribution in [3.8, 4) is 11.5 Å². The summed E-state index contributed by atoms with van der Waals surface area (Å²) in [5.41, 5.74) is 4.11. The minimum absolute atomic E-state index is 0.243. The molecule has 0 fully saturated rings. The fraction of sp³-hybridized carbons (Fsp3) is 0.250. The van der Waals surface area contributed by atoms with Crippen LogP contribution >= 0.6 is 20.2 Å². The van der Waals surface area contributed by atoms with E-state index in [-0.39, 0.29) is 5.66 Å². The zero-order chi connectivity index (χ0) is 21.0. The predicted octanol–water partition coefficient (Wildman–Crippen LogP) is 2.89. The third-order valence-corrected chi connectivity index (χ3v) is 5.93. The summed E-state index contributed by atoms with van der Waals surface area (Å²) in [6.45, 7) is 2.11. The van der Waals surface area contributed by atoms with E-state index in [1.54, 1.807) is 32.4 Å². The molecule has 3 rings (SSSR count). The molecule has 2 aromatic carbocycles. The third-order valence-electron chi connectivity index (χ3n) is 4.43. The zero-order valence-electron chi connectivity index (χ0n) is 16.3. The summed E-state index contributed by atoms with van der Waals surface area (Å²) in [4.78, 5) is 4.10. The fourth-order valence-corrected chi connectivity index (χ4v) is 4.17. The molecule has 9 heteroatoms. The summed E-state index contributed by atoms with van der Waals surface area (Å²) < 4.78 is 15.7. The molecule has 2 atom stereocenters. The van der Waals surface area contributed by atoms with Crippen molar-refractivity contribution in [2.24, 2.45) is 0 Å². The highest BCUT2D eigenvalue weighted by Crippen LogP contribution is 2.34. The SMILES string of the molecule is [B]c1ccc(C(=N)c2cc(OC)c(OC)cc2CC(C)Pc2ncon2)cc1Cl. The number of nitrogens with one attached hydrogen (secondary N) is 1. The lowest BCUT2D eigenvalue weighted by Gasteiger charge is -2.18.